The van der Waals surface area contributed by atoms with Crippen molar-refractivity contribution in [3.8, 4) is 18.7 Å². The molecule has 1 aromatic heterocycles. The van der Waals surface area contributed by atoms with E-state index in [1.54, 1.807) is 18.9 Å². The van der Waals surface area contributed by atoms with Gasteiger partial charge in [-0.1, -0.05) is 25.4 Å². The molecule has 1 N–H and O–H groups in total. The van der Waals surface area contributed by atoms with Gasteiger partial charge in [-0.2, -0.15) is 0 Å². The van der Waals surface area contributed by atoms with Crippen molar-refractivity contribution in [3.63, 3.8) is 0 Å². The Morgan fingerprint density at radius 1 is 1.27 bits per heavy atom. The van der Waals surface area contributed by atoms with E-state index in [0.29, 0.717) is 11.3 Å². The first kappa shape index (κ1) is 31.8. The highest BCUT2D eigenvalue weighted by Crippen LogP contribution is 2.34. The second-order valence-electron chi connectivity index (χ2n) is 7.40. The third-order valence-electron chi connectivity index (χ3n) is 5.24. The van der Waals surface area contributed by atoms with E-state index in [2.05, 4.69) is 22.6 Å². The highest BCUT2D eigenvalue weighted by molar-refractivity contribution is 7.92. The molecule has 1 atom stereocenters. The van der Waals surface area contributed by atoms with Gasteiger partial charge < -0.3 is 14.4 Å². The second-order valence-corrected chi connectivity index (χ2v) is 9.48. The molecule has 0 bridgehead atoms. The number of hydrogen-bond acceptors (Lipinski definition) is 7. The van der Waals surface area contributed by atoms with Crippen molar-refractivity contribution >= 4 is 33.1 Å². The predicted molar refractivity (Wildman–Crippen MR) is 139 cm³/mol. The summed E-state index contributed by atoms with van der Waals surface area (Å²) in [5.74, 6) is -2.40. The number of anilines is 1. The first-order chi connectivity index (χ1) is 17.5. The Hall–Kier alpha value is -3.20. The van der Waals surface area contributed by atoms with Gasteiger partial charge in [-0.05, 0) is 32.0 Å². The Bertz CT molecular complexity index is 1280. The van der Waals surface area contributed by atoms with Crippen LogP contribution in [0.15, 0.2) is 40.6 Å². The molecule has 1 aliphatic heterocycles. The topological polar surface area (TPSA) is 97.8 Å². The van der Waals surface area contributed by atoms with Crippen LogP contribution in [-0.2, 0) is 19.6 Å². The monoisotopic (exact) mass is 557 g/mol. The highest BCUT2D eigenvalue weighted by Gasteiger charge is 2.31. The number of likely N-dealkylation sites (N-methyl/N-ethyl adjacent to an activating group) is 1. The zero-order valence-electron chi connectivity index (χ0n) is 21.4. The van der Waals surface area contributed by atoms with E-state index >= 15 is 4.39 Å². The number of allylic oxidation sites excluding steroid dienone is 1. The molecule has 2 aromatic rings. The van der Waals surface area contributed by atoms with Gasteiger partial charge in [-0.3, -0.25) is 9.52 Å². The molecule has 0 amide bonds. The standard InChI is InChI=1S/C21H22ClF2N3O5S.C2H6.C2H2/c1-11(12(2)28)16-10-32-17(9-27(16)3)19-14(23)5-6-15(20(19)24)26-33(29,30)18-7-13(22)8-25-21(18)31-4;2*1-2/h5-8,17,26H,9-10H2,1-4H3;1-2H3;1-2H/b16-11+;;/t17-;;/m0../s1. The van der Waals surface area contributed by atoms with Crippen LogP contribution in [0.25, 0.3) is 0 Å². The Morgan fingerprint density at radius 3 is 2.43 bits per heavy atom. The van der Waals surface area contributed by atoms with E-state index < -0.39 is 43.9 Å². The number of carbonyl (C=O) groups excluding carboxylic acids is 1. The van der Waals surface area contributed by atoms with Crippen molar-refractivity contribution in [2.75, 3.05) is 32.0 Å². The Kier molecular flexibility index (Phi) is 12.0. The molecule has 2 heterocycles. The zero-order valence-corrected chi connectivity index (χ0v) is 23.0. The molecule has 37 heavy (non-hydrogen) atoms. The summed E-state index contributed by atoms with van der Waals surface area (Å²) >= 11 is 5.85. The van der Waals surface area contributed by atoms with Gasteiger partial charge in [-0.15, -0.1) is 12.8 Å². The van der Waals surface area contributed by atoms with Crippen molar-refractivity contribution in [1.82, 2.24) is 9.88 Å². The van der Waals surface area contributed by atoms with Gasteiger partial charge in [0.15, 0.2) is 16.5 Å². The SMILES string of the molecule is C#C.CC.COc1ncc(Cl)cc1S(=O)(=O)Nc1ccc(F)c([C@@H]2CN(C)/C(=C(\C)C(C)=O)CO2)c1F. The normalized spacial score (nSPS) is 16.4. The lowest BCUT2D eigenvalue weighted by molar-refractivity contribution is -0.113. The average Bonchev–Trinajstić information content (AvgIpc) is 2.88. The minimum absolute atomic E-state index is 0.0276. The molecule has 1 fully saturated rings. The number of aromatic nitrogens is 1. The number of methoxy groups -OCH3 is 1. The maximum atomic E-state index is 15.3. The molecule has 202 valence electrons. The van der Waals surface area contributed by atoms with Crippen molar-refractivity contribution in [2.24, 2.45) is 0 Å². The van der Waals surface area contributed by atoms with Gasteiger partial charge in [0.05, 0.1) is 30.0 Å². The molecule has 0 unspecified atom stereocenters. The lowest BCUT2D eigenvalue weighted by Crippen LogP contribution is -2.36. The number of ketones is 1. The molecule has 3 rings (SSSR count). The molecule has 1 saturated heterocycles. The minimum Gasteiger partial charge on any atom is -0.480 e. The molecule has 8 nitrogen and oxygen atoms in total. The largest absolute Gasteiger partial charge is 0.480 e. The molecular formula is C25H30ClF2N3O5S. The van der Waals surface area contributed by atoms with Gasteiger partial charge in [-0.25, -0.2) is 22.2 Å². The van der Waals surface area contributed by atoms with Gasteiger partial charge in [0.25, 0.3) is 10.0 Å². The number of pyridine rings is 1. The van der Waals surface area contributed by atoms with Crippen LogP contribution in [-0.4, -0.2) is 51.4 Å². The number of rotatable bonds is 6. The fourth-order valence-electron chi connectivity index (χ4n) is 3.37. The van der Waals surface area contributed by atoms with Crippen molar-refractivity contribution in [2.45, 2.75) is 38.7 Å². The number of carbonyl (C=O) groups is 1. The summed E-state index contributed by atoms with van der Waals surface area (Å²) in [6.45, 7) is 7.08. The van der Waals surface area contributed by atoms with E-state index in [1.165, 1.54) is 20.2 Å². The number of terminal acetylenes is 1. The average molecular weight is 558 g/mol. The van der Waals surface area contributed by atoms with Gasteiger partial charge in [0, 0.05) is 31.1 Å². The van der Waals surface area contributed by atoms with Gasteiger partial charge >= 0.3 is 0 Å². The molecule has 1 aliphatic rings. The van der Waals surface area contributed by atoms with Crippen LogP contribution in [0.3, 0.4) is 0 Å². The number of nitrogens with zero attached hydrogens (tertiary/aromatic N) is 2. The quantitative estimate of drug-likeness (QED) is 0.396. The fraction of sp³-hybridized carbons (Fsp3) is 0.360. The van der Waals surface area contributed by atoms with E-state index in [1.807, 2.05) is 13.8 Å². The Balaban J connectivity index is 0.00000163. The lowest BCUT2D eigenvalue weighted by atomic mass is 10.0. The molecule has 1 aromatic carbocycles. The van der Waals surface area contributed by atoms with Crippen LogP contribution in [0, 0.1) is 24.5 Å². The molecular weight excluding hydrogens is 528 g/mol. The van der Waals surface area contributed by atoms with Gasteiger partial charge in [0.1, 0.15) is 11.9 Å². The predicted octanol–water partition coefficient (Wildman–Crippen LogP) is 4.96. The number of sulfonamides is 1. The number of hydrogen-bond donors (Lipinski definition) is 1. The minimum atomic E-state index is -4.38. The third-order valence-corrected chi connectivity index (χ3v) is 6.81. The fourth-order valence-corrected chi connectivity index (χ4v) is 4.80. The van der Waals surface area contributed by atoms with Crippen LogP contribution < -0.4 is 9.46 Å². The maximum Gasteiger partial charge on any atom is 0.267 e. The lowest BCUT2D eigenvalue weighted by Gasteiger charge is -2.35. The van der Waals surface area contributed by atoms with Gasteiger partial charge in [0.2, 0.25) is 5.88 Å². The number of morpholine rings is 1. The molecule has 0 saturated carbocycles. The molecule has 12 heteroatoms. The van der Waals surface area contributed by atoms with E-state index in [9.17, 15) is 17.6 Å². The smallest absolute Gasteiger partial charge is 0.267 e. The zero-order chi connectivity index (χ0) is 28.5. The second kappa shape index (κ2) is 13.9. The van der Waals surface area contributed by atoms with Crippen molar-refractivity contribution in [1.29, 1.82) is 0 Å². The number of nitrogens with one attached hydrogen (secondary N) is 1. The highest BCUT2D eigenvalue weighted by atomic mass is 35.5. The van der Waals surface area contributed by atoms with Crippen LogP contribution in [0.4, 0.5) is 14.5 Å². The molecule has 0 aliphatic carbocycles. The summed E-state index contributed by atoms with van der Waals surface area (Å²) in [5.41, 5.74) is 0.179. The van der Waals surface area contributed by atoms with E-state index in [4.69, 9.17) is 21.1 Å². The number of benzene rings is 1. The van der Waals surface area contributed by atoms with Crippen LogP contribution in [0.1, 0.15) is 39.4 Å². The first-order valence-corrected chi connectivity index (χ1v) is 12.9. The summed E-state index contributed by atoms with van der Waals surface area (Å²) in [6, 6.07) is 3.01. The van der Waals surface area contributed by atoms with E-state index in [0.717, 1.165) is 18.2 Å². The number of halogens is 3. The summed E-state index contributed by atoms with van der Waals surface area (Å²) < 4.78 is 68.4. The summed E-state index contributed by atoms with van der Waals surface area (Å²) in [7, 11) is -1.48. The number of ether oxygens (including phenoxy) is 2. The van der Waals surface area contributed by atoms with Crippen molar-refractivity contribution in [3.05, 3.63) is 57.9 Å². The third kappa shape index (κ3) is 7.41. The number of Topliss-reactive ketones (excluding diaryl/α,β-unsaturated/α-hetero) is 1. The van der Waals surface area contributed by atoms with Crippen LogP contribution in [0.2, 0.25) is 5.02 Å². The Morgan fingerprint density at radius 2 is 1.89 bits per heavy atom. The summed E-state index contributed by atoms with van der Waals surface area (Å²) in [4.78, 5) is 16.7. The molecule has 0 radical (unpaired) electrons. The maximum absolute atomic E-state index is 15.3. The molecule has 0 spiro atoms. The van der Waals surface area contributed by atoms with E-state index in [-0.39, 0.29) is 29.8 Å². The summed E-state index contributed by atoms with van der Waals surface area (Å²) in [5, 5.41) is 0.0276. The Labute approximate surface area is 221 Å². The first-order valence-electron chi connectivity index (χ1n) is 11.0. The van der Waals surface area contributed by atoms with Crippen LogP contribution >= 0.6 is 11.6 Å². The van der Waals surface area contributed by atoms with Crippen LogP contribution in [0.5, 0.6) is 5.88 Å². The summed E-state index contributed by atoms with van der Waals surface area (Å²) in [6.07, 6.45) is 8.16. The van der Waals surface area contributed by atoms with Crippen molar-refractivity contribution < 1.29 is 31.5 Å².